The standard InChI is InChI=1S/C19H26FNO4/c1-3-16(25-12-24-2)19(21-17(22)23)11-13-8-9-18(19,10-13)14-6-4-5-7-15(14)20/h4-7,13,16,21H,3,8-12H2,1-2H3,(H,22,23)/t13?,16?,18-,19+/m0/s1. The van der Waals surface area contributed by atoms with E-state index in [4.69, 9.17) is 9.47 Å². The number of fused-ring (bicyclic) bond motifs is 2. The second-order valence-corrected chi connectivity index (χ2v) is 7.25. The first-order valence-electron chi connectivity index (χ1n) is 8.85. The summed E-state index contributed by atoms with van der Waals surface area (Å²) in [5.41, 5.74) is -0.837. The van der Waals surface area contributed by atoms with Gasteiger partial charge in [0.25, 0.3) is 0 Å². The molecule has 5 nitrogen and oxygen atoms in total. The zero-order chi connectivity index (χ0) is 18.1. The topological polar surface area (TPSA) is 67.8 Å². The Kier molecular flexibility index (Phi) is 5.02. The molecule has 2 fully saturated rings. The molecule has 3 rings (SSSR count). The van der Waals surface area contributed by atoms with Gasteiger partial charge in [0.15, 0.2) is 0 Å². The van der Waals surface area contributed by atoms with Crippen molar-refractivity contribution in [1.29, 1.82) is 0 Å². The van der Waals surface area contributed by atoms with Crippen LogP contribution in [-0.2, 0) is 14.9 Å². The summed E-state index contributed by atoms with van der Waals surface area (Å²) in [6.07, 6.45) is 2.32. The second kappa shape index (κ2) is 6.92. The molecule has 2 saturated carbocycles. The zero-order valence-corrected chi connectivity index (χ0v) is 14.8. The molecule has 2 N–H and O–H groups in total. The Hall–Kier alpha value is -1.66. The van der Waals surface area contributed by atoms with Gasteiger partial charge in [0.05, 0.1) is 11.6 Å². The summed E-state index contributed by atoms with van der Waals surface area (Å²) < 4.78 is 25.7. The molecule has 0 aliphatic heterocycles. The highest BCUT2D eigenvalue weighted by Crippen LogP contribution is 2.62. The predicted molar refractivity (Wildman–Crippen MR) is 91.0 cm³/mol. The maximum Gasteiger partial charge on any atom is 0.405 e. The molecule has 2 aliphatic rings. The number of amides is 1. The van der Waals surface area contributed by atoms with Gasteiger partial charge in [0, 0.05) is 12.5 Å². The van der Waals surface area contributed by atoms with Crippen LogP contribution in [-0.4, -0.2) is 36.7 Å². The fourth-order valence-corrected chi connectivity index (χ4v) is 5.35. The number of ether oxygens (including phenoxy) is 2. The van der Waals surface area contributed by atoms with Crippen molar-refractivity contribution in [3.63, 3.8) is 0 Å². The van der Waals surface area contributed by atoms with Crippen molar-refractivity contribution in [2.24, 2.45) is 5.92 Å². The lowest BCUT2D eigenvalue weighted by molar-refractivity contribution is -0.119. The van der Waals surface area contributed by atoms with Crippen LogP contribution in [0.25, 0.3) is 0 Å². The minimum absolute atomic E-state index is 0.0829. The summed E-state index contributed by atoms with van der Waals surface area (Å²) in [7, 11) is 1.54. The number of carboxylic acid groups (broad SMARTS) is 1. The van der Waals surface area contributed by atoms with E-state index in [9.17, 15) is 14.3 Å². The highest BCUT2D eigenvalue weighted by molar-refractivity contribution is 5.67. The fourth-order valence-electron chi connectivity index (χ4n) is 5.35. The molecule has 0 radical (unpaired) electrons. The smallest absolute Gasteiger partial charge is 0.405 e. The van der Waals surface area contributed by atoms with Crippen LogP contribution < -0.4 is 5.32 Å². The highest BCUT2D eigenvalue weighted by atomic mass is 19.1. The van der Waals surface area contributed by atoms with Gasteiger partial charge in [0.1, 0.15) is 12.6 Å². The number of halogens is 1. The molecule has 2 aliphatic carbocycles. The molecule has 0 heterocycles. The van der Waals surface area contributed by atoms with Crippen LogP contribution in [0, 0.1) is 11.7 Å². The second-order valence-electron chi connectivity index (χ2n) is 7.25. The van der Waals surface area contributed by atoms with Gasteiger partial charge in [0.2, 0.25) is 0 Å². The zero-order valence-electron chi connectivity index (χ0n) is 14.8. The van der Waals surface area contributed by atoms with Crippen LogP contribution in [0.5, 0.6) is 0 Å². The molecule has 0 saturated heterocycles. The van der Waals surface area contributed by atoms with Gasteiger partial charge in [-0.3, -0.25) is 0 Å². The van der Waals surface area contributed by atoms with Crippen LogP contribution in [0.3, 0.4) is 0 Å². The first-order valence-corrected chi connectivity index (χ1v) is 8.85. The Morgan fingerprint density at radius 1 is 1.44 bits per heavy atom. The van der Waals surface area contributed by atoms with Crippen LogP contribution in [0.1, 0.15) is 44.6 Å². The molecule has 2 unspecified atom stereocenters. The summed E-state index contributed by atoms with van der Waals surface area (Å²) >= 11 is 0. The van der Waals surface area contributed by atoms with Gasteiger partial charge in [-0.25, -0.2) is 9.18 Å². The van der Waals surface area contributed by atoms with Crippen LogP contribution >= 0.6 is 0 Å². The van der Waals surface area contributed by atoms with Crippen molar-refractivity contribution in [2.75, 3.05) is 13.9 Å². The van der Waals surface area contributed by atoms with E-state index < -0.39 is 17.0 Å². The molecule has 1 aromatic rings. The SMILES string of the molecule is CCC(OCOC)[C@]1(NC(=O)O)CC2CC[C@@]1(c1ccccc1F)C2. The minimum Gasteiger partial charge on any atom is -0.465 e. The van der Waals surface area contributed by atoms with Crippen molar-refractivity contribution < 1.29 is 23.8 Å². The molecular formula is C19H26FNO4. The average Bonchev–Trinajstić information content (AvgIpc) is 3.12. The predicted octanol–water partition coefficient (Wildman–Crippen LogP) is 3.67. The van der Waals surface area contributed by atoms with Gasteiger partial charge in [-0.15, -0.1) is 0 Å². The molecular weight excluding hydrogens is 325 g/mol. The first kappa shape index (κ1) is 18.1. The normalized spacial score (nSPS) is 31.9. The van der Waals surface area contributed by atoms with Gasteiger partial charge >= 0.3 is 6.09 Å². The maximum absolute atomic E-state index is 14.8. The van der Waals surface area contributed by atoms with Crippen molar-refractivity contribution in [3.05, 3.63) is 35.6 Å². The van der Waals surface area contributed by atoms with Gasteiger partial charge in [-0.05, 0) is 49.7 Å². The lowest BCUT2D eigenvalue weighted by atomic mass is 9.61. The Morgan fingerprint density at radius 3 is 2.80 bits per heavy atom. The summed E-state index contributed by atoms with van der Waals surface area (Å²) in [6, 6.07) is 6.74. The maximum atomic E-state index is 14.8. The minimum atomic E-state index is -1.09. The van der Waals surface area contributed by atoms with E-state index in [0.717, 1.165) is 19.3 Å². The third-order valence-corrected chi connectivity index (χ3v) is 6.11. The van der Waals surface area contributed by atoms with Gasteiger partial charge in [-0.2, -0.15) is 0 Å². The van der Waals surface area contributed by atoms with Crippen LogP contribution in [0.4, 0.5) is 9.18 Å². The number of carbonyl (C=O) groups is 1. The average molecular weight is 351 g/mol. The van der Waals surface area contributed by atoms with Gasteiger partial charge < -0.3 is 19.9 Å². The lowest BCUT2D eigenvalue weighted by Gasteiger charge is -2.51. The number of benzene rings is 1. The van der Waals surface area contributed by atoms with E-state index in [1.165, 1.54) is 13.2 Å². The third kappa shape index (κ3) is 2.81. The summed E-state index contributed by atoms with van der Waals surface area (Å²) in [5, 5.41) is 12.4. The number of nitrogens with one attached hydrogen (secondary N) is 1. The molecule has 138 valence electrons. The lowest BCUT2D eigenvalue weighted by Crippen LogP contribution is -2.67. The van der Waals surface area contributed by atoms with Crippen molar-refractivity contribution >= 4 is 6.09 Å². The third-order valence-electron chi connectivity index (χ3n) is 6.11. The van der Waals surface area contributed by atoms with E-state index in [1.54, 1.807) is 12.1 Å². The van der Waals surface area contributed by atoms with Crippen LogP contribution in [0.2, 0.25) is 0 Å². The number of methoxy groups -OCH3 is 1. The number of hydrogen-bond acceptors (Lipinski definition) is 3. The van der Waals surface area contributed by atoms with E-state index in [-0.39, 0.29) is 18.7 Å². The summed E-state index contributed by atoms with van der Waals surface area (Å²) in [4.78, 5) is 11.7. The Morgan fingerprint density at radius 2 is 2.20 bits per heavy atom. The summed E-state index contributed by atoms with van der Waals surface area (Å²) in [6.45, 7) is 2.05. The first-order chi connectivity index (χ1) is 12.0. The summed E-state index contributed by atoms with van der Waals surface area (Å²) in [5.74, 6) is 0.0925. The Balaban J connectivity index is 2.12. The van der Waals surface area contributed by atoms with E-state index >= 15 is 0 Å². The quantitative estimate of drug-likeness (QED) is 0.736. The largest absolute Gasteiger partial charge is 0.465 e. The molecule has 6 heteroatoms. The van der Waals surface area contributed by atoms with Gasteiger partial charge in [-0.1, -0.05) is 25.1 Å². The van der Waals surface area contributed by atoms with Crippen LogP contribution in [0.15, 0.2) is 24.3 Å². The molecule has 4 atom stereocenters. The van der Waals surface area contributed by atoms with E-state index in [1.807, 2.05) is 13.0 Å². The van der Waals surface area contributed by atoms with Crippen molar-refractivity contribution in [3.8, 4) is 0 Å². The van der Waals surface area contributed by atoms with Crippen molar-refractivity contribution in [1.82, 2.24) is 5.32 Å². The monoisotopic (exact) mass is 351 g/mol. The van der Waals surface area contributed by atoms with E-state index in [2.05, 4.69) is 5.32 Å². The molecule has 0 spiro atoms. The van der Waals surface area contributed by atoms with E-state index in [0.29, 0.717) is 24.3 Å². The molecule has 1 amide bonds. The molecule has 25 heavy (non-hydrogen) atoms. The Bertz CT molecular complexity index is 640. The number of rotatable bonds is 7. The molecule has 0 aromatic heterocycles. The molecule has 1 aromatic carbocycles. The number of hydrogen-bond donors (Lipinski definition) is 2. The Labute approximate surface area is 147 Å². The fraction of sp³-hybridized carbons (Fsp3) is 0.632. The molecule has 2 bridgehead atoms. The highest BCUT2D eigenvalue weighted by Gasteiger charge is 2.66. The van der Waals surface area contributed by atoms with Crippen molar-refractivity contribution in [2.45, 2.75) is 56.1 Å².